The molecule has 4 rings (SSSR count). The number of rotatable bonds is 6. The Morgan fingerprint density at radius 2 is 1.88 bits per heavy atom. The van der Waals surface area contributed by atoms with Gasteiger partial charge in [-0.05, 0) is 73.5 Å². The highest BCUT2D eigenvalue weighted by atomic mass is 35.5. The van der Waals surface area contributed by atoms with Gasteiger partial charge in [0.05, 0.1) is 22.9 Å². The van der Waals surface area contributed by atoms with E-state index < -0.39 is 0 Å². The monoisotopic (exact) mass is 469 g/mol. The minimum Gasteiger partial charge on any atom is -0.322 e. The van der Waals surface area contributed by atoms with Crippen molar-refractivity contribution in [3.05, 3.63) is 93.5 Å². The SMILES string of the molecule is CNC1CCCN(OCc2ccc(NC(=O)c3ccccc3Cl)cc2)c2ccc(Cl)cc21. The van der Waals surface area contributed by atoms with Crippen LogP contribution in [0.25, 0.3) is 0 Å². The van der Waals surface area contributed by atoms with E-state index >= 15 is 0 Å². The molecule has 1 atom stereocenters. The van der Waals surface area contributed by atoms with Crippen molar-refractivity contribution in [3.63, 3.8) is 0 Å². The number of nitrogens with one attached hydrogen (secondary N) is 2. The van der Waals surface area contributed by atoms with E-state index in [4.69, 9.17) is 28.0 Å². The molecule has 32 heavy (non-hydrogen) atoms. The lowest BCUT2D eigenvalue weighted by molar-refractivity contribution is 0.0945. The molecule has 0 radical (unpaired) electrons. The molecule has 0 aromatic heterocycles. The third-order valence-electron chi connectivity index (χ3n) is 5.55. The van der Waals surface area contributed by atoms with E-state index in [2.05, 4.69) is 10.6 Å². The fraction of sp³-hybridized carbons (Fsp3) is 0.240. The van der Waals surface area contributed by atoms with Gasteiger partial charge in [-0.15, -0.1) is 0 Å². The molecule has 3 aromatic rings. The summed E-state index contributed by atoms with van der Waals surface area (Å²) < 4.78 is 0. The molecule has 0 fully saturated rings. The van der Waals surface area contributed by atoms with Gasteiger partial charge in [0.15, 0.2) is 0 Å². The van der Waals surface area contributed by atoms with Gasteiger partial charge in [-0.25, -0.2) is 0 Å². The van der Waals surface area contributed by atoms with E-state index in [9.17, 15) is 4.79 Å². The fourth-order valence-electron chi connectivity index (χ4n) is 3.86. The van der Waals surface area contributed by atoms with Crippen molar-refractivity contribution in [2.75, 3.05) is 24.0 Å². The Hall–Kier alpha value is -2.57. The minimum absolute atomic E-state index is 0.237. The van der Waals surface area contributed by atoms with Crippen LogP contribution in [0.5, 0.6) is 0 Å². The lowest BCUT2D eigenvalue weighted by Gasteiger charge is -2.25. The van der Waals surface area contributed by atoms with Gasteiger partial charge >= 0.3 is 0 Å². The lowest BCUT2D eigenvalue weighted by atomic mass is 10.0. The molecule has 0 saturated carbocycles. The number of carbonyl (C=O) groups excluding carboxylic acids is 1. The van der Waals surface area contributed by atoms with Gasteiger partial charge in [0.1, 0.15) is 0 Å². The van der Waals surface area contributed by atoms with Crippen molar-refractivity contribution in [2.45, 2.75) is 25.5 Å². The van der Waals surface area contributed by atoms with Gasteiger partial charge in [-0.1, -0.05) is 47.5 Å². The molecule has 1 aliphatic rings. The molecule has 1 heterocycles. The topological polar surface area (TPSA) is 53.6 Å². The number of benzene rings is 3. The third kappa shape index (κ3) is 5.25. The van der Waals surface area contributed by atoms with Crippen molar-refractivity contribution < 1.29 is 9.63 Å². The summed E-state index contributed by atoms with van der Waals surface area (Å²) in [5.41, 5.74) is 4.34. The summed E-state index contributed by atoms with van der Waals surface area (Å²) in [6, 6.07) is 20.8. The van der Waals surface area contributed by atoms with Crippen molar-refractivity contribution in [1.29, 1.82) is 0 Å². The Kier molecular flexibility index (Phi) is 7.33. The predicted octanol–water partition coefficient (Wildman–Crippen LogP) is 6.24. The molecule has 3 aromatic carbocycles. The van der Waals surface area contributed by atoms with Crippen molar-refractivity contribution in [3.8, 4) is 0 Å². The van der Waals surface area contributed by atoms with Gasteiger partial charge in [0.25, 0.3) is 5.91 Å². The van der Waals surface area contributed by atoms with E-state index in [0.717, 1.165) is 41.2 Å². The summed E-state index contributed by atoms with van der Waals surface area (Å²) in [5, 5.41) is 9.35. The zero-order valence-electron chi connectivity index (χ0n) is 17.8. The zero-order valence-corrected chi connectivity index (χ0v) is 19.3. The molecule has 0 spiro atoms. The summed E-state index contributed by atoms with van der Waals surface area (Å²) in [6.45, 7) is 1.23. The highest BCUT2D eigenvalue weighted by molar-refractivity contribution is 6.34. The number of amides is 1. The Balaban J connectivity index is 1.41. The van der Waals surface area contributed by atoms with Crippen LogP contribution in [-0.4, -0.2) is 19.5 Å². The van der Waals surface area contributed by atoms with Crippen LogP contribution in [0.2, 0.25) is 10.0 Å². The number of nitrogens with zero attached hydrogens (tertiary/aromatic N) is 1. The van der Waals surface area contributed by atoms with E-state index in [-0.39, 0.29) is 11.9 Å². The van der Waals surface area contributed by atoms with E-state index in [1.54, 1.807) is 24.3 Å². The molecule has 1 unspecified atom stereocenters. The number of anilines is 2. The number of hydrogen-bond acceptors (Lipinski definition) is 4. The largest absolute Gasteiger partial charge is 0.322 e. The number of hydrogen-bond donors (Lipinski definition) is 2. The first-order chi connectivity index (χ1) is 15.5. The van der Waals surface area contributed by atoms with Crippen LogP contribution in [0.3, 0.4) is 0 Å². The number of halogens is 2. The summed E-state index contributed by atoms with van der Waals surface area (Å²) in [5.74, 6) is -0.237. The second-order valence-electron chi connectivity index (χ2n) is 7.69. The molecule has 1 amide bonds. The minimum atomic E-state index is -0.237. The van der Waals surface area contributed by atoms with Crippen LogP contribution in [0, 0.1) is 0 Å². The Morgan fingerprint density at radius 1 is 1.09 bits per heavy atom. The summed E-state index contributed by atoms with van der Waals surface area (Å²) in [7, 11) is 1.97. The van der Waals surface area contributed by atoms with Crippen molar-refractivity contribution in [2.24, 2.45) is 0 Å². The zero-order chi connectivity index (χ0) is 22.5. The molecule has 0 aliphatic carbocycles. The van der Waals surface area contributed by atoms with Crippen LogP contribution in [-0.2, 0) is 11.4 Å². The molecular weight excluding hydrogens is 445 g/mol. The molecule has 0 bridgehead atoms. The molecule has 0 saturated heterocycles. The van der Waals surface area contributed by atoms with Crippen LogP contribution in [0.15, 0.2) is 66.7 Å². The average molecular weight is 470 g/mol. The second-order valence-corrected chi connectivity index (χ2v) is 8.54. The summed E-state index contributed by atoms with van der Waals surface area (Å²) in [6.07, 6.45) is 2.02. The first-order valence-corrected chi connectivity index (χ1v) is 11.3. The number of fused-ring (bicyclic) bond motifs is 1. The lowest BCUT2D eigenvalue weighted by Crippen LogP contribution is -2.24. The normalized spacial score (nSPS) is 15.7. The standard InChI is InChI=1S/C25H25Cl2N3O2/c1-28-23-7-4-14-30(24-13-10-18(26)15-21(23)24)32-16-17-8-11-19(12-9-17)29-25(31)20-5-2-3-6-22(20)27/h2-3,5-6,8-13,15,23,28H,4,7,14,16H2,1H3,(H,29,31). The Labute approximate surface area is 198 Å². The van der Waals surface area contributed by atoms with Crippen LogP contribution < -0.4 is 15.7 Å². The second kappa shape index (κ2) is 10.4. The van der Waals surface area contributed by atoms with Gasteiger partial charge in [0.2, 0.25) is 0 Å². The maximum Gasteiger partial charge on any atom is 0.257 e. The molecule has 5 nitrogen and oxygen atoms in total. The van der Waals surface area contributed by atoms with Crippen LogP contribution in [0.1, 0.15) is 40.4 Å². The summed E-state index contributed by atoms with van der Waals surface area (Å²) in [4.78, 5) is 18.6. The number of hydroxylamine groups is 1. The van der Waals surface area contributed by atoms with Crippen LogP contribution in [0.4, 0.5) is 11.4 Å². The molecular formula is C25H25Cl2N3O2. The van der Waals surface area contributed by atoms with Crippen molar-refractivity contribution in [1.82, 2.24) is 5.32 Å². The van der Waals surface area contributed by atoms with Gasteiger partial charge in [0, 0.05) is 23.3 Å². The molecule has 7 heteroatoms. The van der Waals surface area contributed by atoms with E-state index in [1.165, 1.54) is 0 Å². The highest BCUT2D eigenvalue weighted by Gasteiger charge is 2.23. The van der Waals surface area contributed by atoms with Crippen LogP contribution >= 0.6 is 23.2 Å². The molecule has 166 valence electrons. The third-order valence-corrected chi connectivity index (χ3v) is 6.12. The number of carbonyl (C=O) groups is 1. The van der Waals surface area contributed by atoms with E-state index in [0.29, 0.717) is 22.9 Å². The highest BCUT2D eigenvalue weighted by Crippen LogP contribution is 2.35. The first-order valence-electron chi connectivity index (χ1n) is 10.6. The first kappa shape index (κ1) is 22.6. The van der Waals surface area contributed by atoms with Gasteiger partial charge in [-0.2, -0.15) is 0 Å². The Morgan fingerprint density at radius 3 is 2.62 bits per heavy atom. The van der Waals surface area contributed by atoms with Crippen molar-refractivity contribution >= 4 is 40.5 Å². The quantitative estimate of drug-likeness (QED) is 0.448. The van der Waals surface area contributed by atoms with Gasteiger partial charge in [-0.3, -0.25) is 14.7 Å². The Bertz CT molecular complexity index is 1090. The average Bonchev–Trinajstić information content (AvgIpc) is 2.97. The molecule has 1 aliphatic heterocycles. The maximum absolute atomic E-state index is 12.4. The van der Waals surface area contributed by atoms with E-state index in [1.807, 2.05) is 54.6 Å². The van der Waals surface area contributed by atoms with Gasteiger partial charge < -0.3 is 10.6 Å². The predicted molar refractivity (Wildman–Crippen MR) is 130 cm³/mol. The maximum atomic E-state index is 12.4. The fourth-order valence-corrected chi connectivity index (χ4v) is 4.26. The summed E-state index contributed by atoms with van der Waals surface area (Å²) >= 11 is 12.4. The molecule has 2 N–H and O–H groups in total. The smallest absolute Gasteiger partial charge is 0.257 e.